The van der Waals surface area contributed by atoms with Crippen molar-refractivity contribution in [3.63, 3.8) is 0 Å². The molecule has 8 heteroatoms. The maximum absolute atomic E-state index is 11.4. The zero-order chi connectivity index (χ0) is 16.3. The van der Waals surface area contributed by atoms with Crippen LogP contribution in [0.5, 0.6) is 0 Å². The van der Waals surface area contributed by atoms with Crippen molar-refractivity contribution in [3.05, 3.63) is 11.4 Å². The van der Waals surface area contributed by atoms with Gasteiger partial charge in [0.05, 0.1) is 6.26 Å². The molecule has 0 aliphatic rings. The Labute approximate surface area is 127 Å². The molecule has 0 saturated heterocycles. The fourth-order valence-electron chi connectivity index (χ4n) is 1.98. The van der Waals surface area contributed by atoms with Gasteiger partial charge in [0, 0.05) is 31.1 Å². The normalized spacial score (nSPS) is 12.3. The molecule has 1 rings (SSSR count). The Balaban J connectivity index is 2.93. The number of hydrogen-bond acceptors (Lipinski definition) is 6. The summed E-state index contributed by atoms with van der Waals surface area (Å²) >= 11 is 0. The summed E-state index contributed by atoms with van der Waals surface area (Å²) in [6, 6.07) is 0. The Hall–Kier alpha value is -1.41. The first-order valence-electron chi connectivity index (χ1n) is 6.86. The Kier molecular flexibility index (Phi) is 5.52. The Bertz CT molecular complexity index is 599. The van der Waals surface area contributed by atoms with E-state index in [2.05, 4.69) is 25.3 Å². The molecule has 0 saturated carbocycles. The molecular weight excluding hydrogens is 290 g/mol. The lowest BCUT2D eigenvalue weighted by Crippen LogP contribution is -2.48. The van der Waals surface area contributed by atoms with E-state index in [0.717, 1.165) is 35.7 Å². The quantitative estimate of drug-likeness (QED) is 0.698. The van der Waals surface area contributed by atoms with Gasteiger partial charge in [0.15, 0.2) is 0 Å². The fraction of sp³-hybridized carbons (Fsp3) is 0.692. The standard InChI is InChI=1S/C13H25N5O2S/c1-7-10-16-11(14-5)9(2)12(17-10)15-8-13(3,4)18-21(6,19)20/h18H,7-8H2,1-6H3,(H2,14,15,16,17). The minimum absolute atomic E-state index is 0.421. The van der Waals surface area contributed by atoms with Gasteiger partial charge in [0.2, 0.25) is 10.0 Å². The minimum atomic E-state index is -3.26. The van der Waals surface area contributed by atoms with Crippen molar-refractivity contribution < 1.29 is 8.42 Å². The molecule has 0 aliphatic carbocycles. The summed E-state index contributed by atoms with van der Waals surface area (Å²) in [4.78, 5) is 8.86. The number of nitrogens with zero attached hydrogens (tertiary/aromatic N) is 2. The van der Waals surface area contributed by atoms with Crippen LogP contribution in [-0.2, 0) is 16.4 Å². The molecule has 1 aromatic heterocycles. The zero-order valence-corrected chi connectivity index (χ0v) is 14.3. The van der Waals surface area contributed by atoms with Crippen LogP contribution in [0, 0.1) is 6.92 Å². The predicted molar refractivity (Wildman–Crippen MR) is 86.2 cm³/mol. The molecule has 7 nitrogen and oxygen atoms in total. The number of anilines is 2. The van der Waals surface area contributed by atoms with E-state index in [1.54, 1.807) is 0 Å². The second-order valence-corrected chi connectivity index (χ2v) is 7.43. The molecule has 0 aliphatic heterocycles. The number of aryl methyl sites for hydroxylation is 1. The second kappa shape index (κ2) is 6.57. The second-order valence-electron chi connectivity index (χ2n) is 5.68. The van der Waals surface area contributed by atoms with E-state index in [-0.39, 0.29) is 0 Å². The van der Waals surface area contributed by atoms with E-state index in [4.69, 9.17) is 0 Å². The first-order valence-corrected chi connectivity index (χ1v) is 8.75. The number of hydrogen-bond donors (Lipinski definition) is 3. The predicted octanol–water partition coefficient (Wildman–Crippen LogP) is 1.13. The van der Waals surface area contributed by atoms with Crippen molar-refractivity contribution in [1.29, 1.82) is 0 Å². The maximum atomic E-state index is 11.4. The van der Waals surface area contributed by atoms with Crippen LogP contribution in [0.25, 0.3) is 0 Å². The van der Waals surface area contributed by atoms with Gasteiger partial charge in [-0.05, 0) is 20.8 Å². The van der Waals surface area contributed by atoms with Crippen LogP contribution in [0.2, 0.25) is 0 Å². The molecule has 21 heavy (non-hydrogen) atoms. The minimum Gasteiger partial charge on any atom is -0.373 e. The maximum Gasteiger partial charge on any atom is 0.209 e. The molecular formula is C13H25N5O2S. The highest BCUT2D eigenvalue weighted by atomic mass is 32.2. The van der Waals surface area contributed by atoms with Gasteiger partial charge in [-0.15, -0.1) is 0 Å². The smallest absolute Gasteiger partial charge is 0.209 e. The Morgan fingerprint density at radius 1 is 1.19 bits per heavy atom. The number of aromatic nitrogens is 2. The molecule has 0 radical (unpaired) electrons. The van der Waals surface area contributed by atoms with E-state index in [0.29, 0.717) is 6.54 Å². The summed E-state index contributed by atoms with van der Waals surface area (Å²) in [6.07, 6.45) is 1.88. The zero-order valence-electron chi connectivity index (χ0n) is 13.5. The van der Waals surface area contributed by atoms with Gasteiger partial charge < -0.3 is 10.6 Å². The third kappa shape index (κ3) is 5.47. The van der Waals surface area contributed by atoms with Gasteiger partial charge >= 0.3 is 0 Å². The largest absolute Gasteiger partial charge is 0.373 e. The number of rotatable bonds is 7. The van der Waals surface area contributed by atoms with Crippen molar-refractivity contribution in [1.82, 2.24) is 14.7 Å². The van der Waals surface area contributed by atoms with E-state index in [1.807, 2.05) is 34.7 Å². The molecule has 0 bridgehead atoms. The van der Waals surface area contributed by atoms with Gasteiger partial charge in [0.25, 0.3) is 0 Å². The van der Waals surface area contributed by atoms with Gasteiger partial charge in [-0.1, -0.05) is 6.92 Å². The first kappa shape index (κ1) is 17.6. The molecule has 3 N–H and O–H groups in total. The average molecular weight is 315 g/mol. The molecule has 0 aromatic carbocycles. The Morgan fingerprint density at radius 2 is 1.76 bits per heavy atom. The van der Waals surface area contributed by atoms with Crippen LogP contribution < -0.4 is 15.4 Å². The fourth-order valence-corrected chi connectivity index (χ4v) is 3.06. The topological polar surface area (TPSA) is 96.0 Å². The van der Waals surface area contributed by atoms with Crippen LogP contribution in [-0.4, -0.2) is 43.8 Å². The van der Waals surface area contributed by atoms with Crippen molar-refractivity contribution >= 4 is 21.7 Å². The summed E-state index contributed by atoms with van der Waals surface area (Å²) in [5.74, 6) is 2.23. The lowest BCUT2D eigenvalue weighted by atomic mass is 10.1. The van der Waals surface area contributed by atoms with Crippen molar-refractivity contribution in [3.8, 4) is 0 Å². The lowest BCUT2D eigenvalue weighted by Gasteiger charge is -2.26. The van der Waals surface area contributed by atoms with Crippen LogP contribution in [0.3, 0.4) is 0 Å². The van der Waals surface area contributed by atoms with E-state index in [1.165, 1.54) is 0 Å². The first-order chi connectivity index (χ1) is 9.58. The van der Waals surface area contributed by atoms with Crippen LogP contribution in [0.15, 0.2) is 0 Å². The summed E-state index contributed by atoms with van der Waals surface area (Å²) in [7, 11) is -1.44. The monoisotopic (exact) mass is 315 g/mol. The van der Waals surface area contributed by atoms with Crippen molar-refractivity contribution in [2.45, 2.75) is 39.7 Å². The molecule has 120 valence electrons. The average Bonchev–Trinajstić information content (AvgIpc) is 2.34. The van der Waals surface area contributed by atoms with E-state index >= 15 is 0 Å². The third-order valence-corrected chi connectivity index (χ3v) is 3.83. The third-order valence-electron chi connectivity index (χ3n) is 2.90. The SMILES string of the molecule is CCc1nc(NC)c(C)c(NCC(C)(C)NS(C)(=O)=O)n1. The molecule has 0 unspecified atom stereocenters. The molecule has 1 heterocycles. The Morgan fingerprint density at radius 3 is 2.24 bits per heavy atom. The lowest BCUT2D eigenvalue weighted by molar-refractivity contribution is 0.475. The van der Waals surface area contributed by atoms with E-state index in [9.17, 15) is 8.42 Å². The van der Waals surface area contributed by atoms with Gasteiger partial charge in [0.1, 0.15) is 17.5 Å². The van der Waals surface area contributed by atoms with Crippen LogP contribution >= 0.6 is 0 Å². The molecule has 0 amide bonds. The highest BCUT2D eigenvalue weighted by Crippen LogP contribution is 2.20. The molecule has 1 aromatic rings. The molecule has 0 fully saturated rings. The summed E-state index contributed by atoms with van der Waals surface area (Å²) in [5.41, 5.74) is 0.293. The van der Waals surface area contributed by atoms with Crippen LogP contribution in [0.1, 0.15) is 32.2 Å². The highest BCUT2D eigenvalue weighted by Gasteiger charge is 2.22. The summed E-state index contributed by atoms with van der Waals surface area (Å²) in [5, 5.41) is 6.25. The number of nitrogens with one attached hydrogen (secondary N) is 3. The van der Waals surface area contributed by atoms with Crippen LogP contribution in [0.4, 0.5) is 11.6 Å². The van der Waals surface area contributed by atoms with Gasteiger partial charge in [-0.2, -0.15) is 0 Å². The van der Waals surface area contributed by atoms with Gasteiger partial charge in [-0.3, -0.25) is 0 Å². The van der Waals surface area contributed by atoms with Crippen molar-refractivity contribution in [2.24, 2.45) is 0 Å². The highest BCUT2D eigenvalue weighted by molar-refractivity contribution is 7.88. The molecule has 0 atom stereocenters. The summed E-state index contributed by atoms with van der Waals surface area (Å²) < 4.78 is 25.3. The van der Waals surface area contributed by atoms with Crippen molar-refractivity contribution in [2.75, 3.05) is 30.5 Å². The molecule has 0 spiro atoms. The number of sulfonamides is 1. The van der Waals surface area contributed by atoms with Gasteiger partial charge in [-0.25, -0.2) is 23.1 Å². The summed E-state index contributed by atoms with van der Waals surface area (Å²) in [6.45, 7) is 7.96. The van der Waals surface area contributed by atoms with E-state index < -0.39 is 15.6 Å².